The predicted molar refractivity (Wildman–Crippen MR) is 74.5 cm³/mol. The molecule has 0 bridgehead atoms. The topological polar surface area (TPSA) is 62.7 Å². The number of halogens is 1. The van der Waals surface area contributed by atoms with Crippen LogP contribution in [0.5, 0.6) is 0 Å². The summed E-state index contributed by atoms with van der Waals surface area (Å²) in [6.07, 6.45) is 0.489. The molecular formula is C14H14FN3S. The largest absolute Gasteiger partial charge is 0.375 e. The molecule has 2 rings (SSSR count). The molecule has 0 aliphatic carbocycles. The predicted octanol–water partition coefficient (Wildman–Crippen LogP) is 3.45. The lowest BCUT2D eigenvalue weighted by Crippen LogP contribution is -1.98. The van der Waals surface area contributed by atoms with Gasteiger partial charge in [0.2, 0.25) is 0 Å². The molecule has 19 heavy (non-hydrogen) atoms. The monoisotopic (exact) mass is 275 g/mol. The molecule has 0 aliphatic rings. The fourth-order valence-electron chi connectivity index (χ4n) is 1.97. The zero-order valence-electron chi connectivity index (χ0n) is 10.8. The van der Waals surface area contributed by atoms with Gasteiger partial charge in [0.25, 0.3) is 0 Å². The molecule has 1 heterocycles. The van der Waals surface area contributed by atoms with E-state index in [1.54, 1.807) is 12.1 Å². The van der Waals surface area contributed by atoms with Crippen LogP contribution >= 0.6 is 11.3 Å². The number of aromatic nitrogens is 1. The summed E-state index contributed by atoms with van der Waals surface area (Å²) in [6, 6.07) is 6.60. The molecule has 0 saturated carbocycles. The molecule has 0 fully saturated rings. The van der Waals surface area contributed by atoms with E-state index < -0.39 is 5.82 Å². The second-order valence-electron chi connectivity index (χ2n) is 4.58. The van der Waals surface area contributed by atoms with Crippen LogP contribution in [0, 0.1) is 17.1 Å². The molecule has 0 aliphatic heterocycles. The quantitative estimate of drug-likeness (QED) is 0.933. The Morgan fingerprint density at radius 2 is 2.21 bits per heavy atom. The van der Waals surface area contributed by atoms with Crippen molar-refractivity contribution in [3.05, 3.63) is 45.7 Å². The number of rotatable bonds is 3. The first-order chi connectivity index (χ1) is 9.02. The lowest BCUT2D eigenvalue weighted by Gasteiger charge is -2.07. The molecule has 0 saturated heterocycles. The van der Waals surface area contributed by atoms with Gasteiger partial charge in [-0.1, -0.05) is 26.0 Å². The smallest absolute Gasteiger partial charge is 0.180 e. The molecule has 5 heteroatoms. The Kier molecular flexibility index (Phi) is 3.82. The minimum atomic E-state index is -0.483. The highest BCUT2D eigenvalue weighted by Crippen LogP contribution is 2.29. The van der Waals surface area contributed by atoms with Gasteiger partial charge >= 0.3 is 0 Å². The Hall–Kier alpha value is -1.93. The number of anilines is 1. The zero-order valence-corrected chi connectivity index (χ0v) is 11.6. The number of hydrogen-bond acceptors (Lipinski definition) is 4. The van der Waals surface area contributed by atoms with Crippen molar-refractivity contribution in [1.29, 1.82) is 5.26 Å². The first-order valence-electron chi connectivity index (χ1n) is 5.95. The van der Waals surface area contributed by atoms with Gasteiger partial charge in [0, 0.05) is 11.3 Å². The van der Waals surface area contributed by atoms with E-state index in [1.807, 2.05) is 19.9 Å². The van der Waals surface area contributed by atoms with E-state index in [4.69, 9.17) is 11.0 Å². The normalized spacial score (nSPS) is 10.7. The molecule has 2 aromatic rings. The summed E-state index contributed by atoms with van der Waals surface area (Å²) in [5.41, 5.74) is 7.44. The average molecular weight is 275 g/mol. The van der Waals surface area contributed by atoms with Crippen molar-refractivity contribution >= 4 is 16.5 Å². The fourth-order valence-corrected chi connectivity index (χ4v) is 2.98. The Morgan fingerprint density at radius 3 is 2.84 bits per heavy atom. The van der Waals surface area contributed by atoms with Gasteiger partial charge in [-0.15, -0.1) is 11.3 Å². The maximum atomic E-state index is 13.6. The molecule has 2 N–H and O–H groups in total. The first-order valence-corrected chi connectivity index (χ1v) is 6.77. The minimum absolute atomic E-state index is 0.101. The van der Waals surface area contributed by atoms with Crippen LogP contribution in [-0.4, -0.2) is 4.98 Å². The van der Waals surface area contributed by atoms with E-state index in [0.717, 1.165) is 10.6 Å². The standard InChI is InChI=1S/C14H14FN3S/c1-8(2)13-12(19-14(17)18-13)6-9-4-3-5-11(15)10(9)7-16/h3-5,8H,6H2,1-2H3,(H2,17,18). The summed E-state index contributed by atoms with van der Waals surface area (Å²) in [7, 11) is 0. The first kappa shape index (κ1) is 13.5. The van der Waals surface area contributed by atoms with Crippen LogP contribution in [-0.2, 0) is 6.42 Å². The van der Waals surface area contributed by atoms with Crippen LogP contribution in [0.15, 0.2) is 18.2 Å². The van der Waals surface area contributed by atoms with Crippen molar-refractivity contribution in [3.63, 3.8) is 0 Å². The number of nitrogens with two attached hydrogens (primary N) is 1. The maximum absolute atomic E-state index is 13.6. The Morgan fingerprint density at radius 1 is 1.47 bits per heavy atom. The van der Waals surface area contributed by atoms with Gasteiger partial charge in [-0.25, -0.2) is 9.37 Å². The molecule has 0 radical (unpaired) electrons. The van der Waals surface area contributed by atoms with E-state index in [0.29, 0.717) is 17.1 Å². The van der Waals surface area contributed by atoms with Crippen LogP contribution < -0.4 is 5.73 Å². The van der Waals surface area contributed by atoms with E-state index in [-0.39, 0.29) is 11.5 Å². The van der Waals surface area contributed by atoms with E-state index in [1.165, 1.54) is 17.4 Å². The summed E-state index contributed by atoms with van der Waals surface area (Å²) >= 11 is 1.40. The van der Waals surface area contributed by atoms with Crippen molar-refractivity contribution in [2.75, 3.05) is 5.73 Å². The van der Waals surface area contributed by atoms with Gasteiger partial charge in [-0.3, -0.25) is 0 Å². The van der Waals surface area contributed by atoms with Crippen LogP contribution in [0.2, 0.25) is 0 Å². The zero-order chi connectivity index (χ0) is 14.0. The van der Waals surface area contributed by atoms with Crippen LogP contribution in [0.1, 0.15) is 41.5 Å². The van der Waals surface area contributed by atoms with E-state index >= 15 is 0 Å². The third-order valence-corrected chi connectivity index (χ3v) is 3.75. The summed E-state index contributed by atoms with van der Waals surface area (Å²) < 4.78 is 13.6. The van der Waals surface area contributed by atoms with Crippen molar-refractivity contribution < 1.29 is 4.39 Å². The van der Waals surface area contributed by atoms with Gasteiger partial charge in [-0.2, -0.15) is 5.26 Å². The van der Waals surface area contributed by atoms with Gasteiger partial charge in [0.05, 0.1) is 11.3 Å². The fraction of sp³-hybridized carbons (Fsp3) is 0.286. The van der Waals surface area contributed by atoms with Gasteiger partial charge in [0.1, 0.15) is 11.9 Å². The second-order valence-corrected chi connectivity index (χ2v) is 5.69. The number of hydrogen-bond donors (Lipinski definition) is 1. The molecule has 98 valence electrons. The number of nitrogens with zero attached hydrogens (tertiary/aromatic N) is 2. The number of nitriles is 1. The highest BCUT2D eigenvalue weighted by molar-refractivity contribution is 7.15. The molecule has 0 atom stereocenters. The minimum Gasteiger partial charge on any atom is -0.375 e. The lowest BCUT2D eigenvalue weighted by atomic mass is 10.0. The lowest BCUT2D eigenvalue weighted by molar-refractivity contribution is 0.622. The summed E-state index contributed by atoms with van der Waals surface area (Å²) in [4.78, 5) is 5.30. The van der Waals surface area contributed by atoms with Gasteiger partial charge in [0.15, 0.2) is 5.13 Å². The number of thiazole rings is 1. The Bertz CT molecular complexity index is 641. The summed E-state index contributed by atoms with van der Waals surface area (Å²) in [5, 5.41) is 9.54. The van der Waals surface area contributed by atoms with Crippen molar-refractivity contribution in [3.8, 4) is 6.07 Å². The number of benzene rings is 1. The van der Waals surface area contributed by atoms with Crippen LogP contribution in [0.3, 0.4) is 0 Å². The van der Waals surface area contributed by atoms with Crippen molar-refractivity contribution in [2.24, 2.45) is 0 Å². The van der Waals surface area contributed by atoms with Gasteiger partial charge < -0.3 is 5.73 Å². The van der Waals surface area contributed by atoms with E-state index in [9.17, 15) is 4.39 Å². The molecule has 3 nitrogen and oxygen atoms in total. The summed E-state index contributed by atoms with van der Waals surface area (Å²) in [6.45, 7) is 4.07. The third kappa shape index (κ3) is 2.74. The van der Waals surface area contributed by atoms with Crippen molar-refractivity contribution in [2.45, 2.75) is 26.2 Å². The second kappa shape index (κ2) is 5.37. The molecule has 0 spiro atoms. The SMILES string of the molecule is CC(C)c1nc(N)sc1Cc1cccc(F)c1C#N. The Labute approximate surface area is 115 Å². The molecule has 0 unspecified atom stereocenters. The van der Waals surface area contributed by atoms with Crippen molar-refractivity contribution in [1.82, 2.24) is 4.98 Å². The molecule has 1 aromatic heterocycles. The van der Waals surface area contributed by atoms with Crippen LogP contribution in [0.25, 0.3) is 0 Å². The summed E-state index contributed by atoms with van der Waals surface area (Å²) in [5.74, 6) is -0.230. The highest BCUT2D eigenvalue weighted by Gasteiger charge is 2.16. The molecule has 1 aromatic carbocycles. The van der Waals surface area contributed by atoms with Gasteiger partial charge in [-0.05, 0) is 17.5 Å². The number of nitrogen functional groups attached to an aromatic ring is 1. The average Bonchev–Trinajstić information content (AvgIpc) is 2.71. The molecular weight excluding hydrogens is 261 g/mol. The third-order valence-electron chi connectivity index (χ3n) is 2.85. The Balaban J connectivity index is 2.42. The van der Waals surface area contributed by atoms with Crippen LogP contribution in [0.4, 0.5) is 9.52 Å². The van der Waals surface area contributed by atoms with E-state index in [2.05, 4.69) is 4.98 Å². The maximum Gasteiger partial charge on any atom is 0.180 e. The highest BCUT2D eigenvalue weighted by atomic mass is 32.1. The molecule has 0 amide bonds.